The van der Waals surface area contributed by atoms with Gasteiger partial charge in [0.2, 0.25) is 0 Å². The highest BCUT2D eigenvalue weighted by atomic mass is 35.5. The molecule has 2 fully saturated rings. The summed E-state index contributed by atoms with van der Waals surface area (Å²) >= 11 is 6.14. The van der Waals surface area contributed by atoms with Gasteiger partial charge >= 0.3 is 5.69 Å². The normalized spacial score (nSPS) is 26.1. The minimum Gasteiger partial charge on any atom is -0.297 e. The topological polar surface area (TPSA) is 54.9 Å². The van der Waals surface area contributed by atoms with E-state index in [1.165, 1.54) is 4.57 Å². The summed E-state index contributed by atoms with van der Waals surface area (Å²) in [4.78, 5) is 27.5. The maximum absolute atomic E-state index is 12.7. The summed E-state index contributed by atoms with van der Waals surface area (Å²) in [5, 5.41) is 0.260. The zero-order valence-electron chi connectivity index (χ0n) is 11.8. The summed E-state index contributed by atoms with van der Waals surface area (Å²) in [5.74, 6) is 0.706. The first kappa shape index (κ1) is 13.9. The molecule has 1 aromatic heterocycles. The number of halogens is 1. The molecule has 1 N–H and O–H groups in total. The van der Waals surface area contributed by atoms with Crippen molar-refractivity contribution in [1.29, 1.82) is 0 Å². The summed E-state index contributed by atoms with van der Waals surface area (Å²) in [5.41, 5.74) is 0.158. The molecule has 2 atom stereocenters. The van der Waals surface area contributed by atoms with Gasteiger partial charge in [-0.15, -0.1) is 0 Å². The molecule has 0 spiro atoms. The van der Waals surface area contributed by atoms with E-state index in [0.717, 1.165) is 44.9 Å². The van der Waals surface area contributed by atoms with E-state index in [-0.39, 0.29) is 28.4 Å². The SMILES string of the molecule is CCCC1CC1n1c(=O)[nH]c(Cl)c(C2CCCC2)c1=O. The van der Waals surface area contributed by atoms with Gasteiger partial charge in [0.25, 0.3) is 5.56 Å². The predicted molar refractivity (Wildman–Crippen MR) is 79.6 cm³/mol. The van der Waals surface area contributed by atoms with Gasteiger partial charge in [-0.1, -0.05) is 37.8 Å². The van der Waals surface area contributed by atoms with Crippen molar-refractivity contribution in [2.24, 2.45) is 5.92 Å². The first-order valence-corrected chi connectivity index (χ1v) is 8.05. The molecule has 2 aliphatic carbocycles. The van der Waals surface area contributed by atoms with Gasteiger partial charge in [0.15, 0.2) is 0 Å². The molecule has 4 nitrogen and oxygen atoms in total. The number of rotatable bonds is 4. The Hall–Kier alpha value is -1.03. The van der Waals surface area contributed by atoms with Gasteiger partial charge in [-0.05, 0) is 37.5 Å². The van der Waals surface area contributed by atoms with Crippen molar-refractivity contribution < 1.29 is 0 Å². The van der Waals surface area contributed by atoms with Crippen LogP contribution in [0.1, 0.15) is 69.4 Å². The predicted octanol–water partition coefficient (Wildman–Crippen LogP) is 3.21. The smallest absolute Gasteiger partial charge is 0.297 e. The second-order valence-corrected chi connectivity index (χ2v) is 6.54. The number of hydrogen-bond donors (Lipinski definition) is 1. The monoisotopic (exact) mass is 296 g/mol. The van der Waals surface area contributed by atoms with Crippen LogP contribution in [0, 0.1) is 5.92 Å². The third kappa shape index (κ3) is 2.34. The number of aromatic amines is 1. The number of aromatic nitrogens is 2. The van der Waals surface area contributed by atoms with Gasteiger partial charge in [0, 0.05) is 6.04 Å². The molecule has 0 saturated heterocycles. The Kier molecular flexibility index (Phi) is 3.76. The van der Waals surface area contributed by atoms with Crippen molar-refractivity contribution in [3.63, 3.8) is 0 Å². The molecule has 1 aromatic rings. The molecule has 0 aromatic carbocycles. The summed E-state index contributed by atoms with van der Waals surface area (Å²) in [6.07, 6.45) is 7.41. The zero-order chi connectivity index (χ0) is 14.3. The molecule has 0 bridgehead atoms. The van der Waals surface area contributed by atoms with Crippen LogP contribution in [0.25, 0.3) is 0 Å². The third-order valence-electron chi connectivity index (χ3n) is 4.76. The Morgan fingerprint density at radius 1 is 1.30 bits per heavy atom. The van der Waals surface area contributed by atoms with Gasteiger partial charge in [-0.25, -0.2) is 4.79 Å². The first-order valence-electron chi connectivity index (χ1n) is 7.67. The van der Waals surface area contributed by atoms with Crippen LogP contribution in [-0.4, -0.2) is 9.55 Å². The van der Waals surface area contributed by atoms with Crippen LogP contribution >= 0.6 is 11.6 Å². The van der Waals surface area contributed by atoms with Crippen LogP contribution in [0.4, 0.5) is 0 Å². The lowest BCUT2D eigenvalue weighted by Gasteiger charge is -2.13. The summed E-state index contributed by atoms with van der Waals surface area (Å²) < 4.78 is 1.43. The minimum absolute atomic E-state index is 0.0867. The molecular weight excluding hydrogens is 276 g/mol. The average Bonchev–Trinajstić information content (AvgIpc) is 2.92. The van der Waals surface area contributed by atoms with Crippen LogP contribution in [0.15, 0.2) is 9.59 Å². The van der Waals surface area contributed by atoms with Crippen molar-refractivity contribution in [2.75, 3.05) is 0 Å². The maximum Gasteiger partial charge on any atom is 0.329 e. The van der Waals surface area contributed by atoms with Crippen LogP contribution < -0.4 is 11.2 Å². The quantitative estimate of drug-likeness (QED) is 0.867. The fourth-order valence-corrected chi connectivity index (χ4v) is 3.95. The van der Waals surface area contributed by atoms with Crippen molar-refractivity contribution in [3.8, 4) is 0 Å². The van der Waals surface area contributed by atoms with Crippen molar-refractivity contribution in [1.82, 2.24) is 9.55 Å². The van der Waals surface area contributed by atoms with E-state index < -0.39 is 0 Å². The molecular formula is C15H21ClN2O2. The third-order valence-corrected chi connectivity index (χ3v) is 5.06. The Morgan fingerprint density at radius 3 is 2.65 bits per heavy atom. The van der Waals surface area contributed by atoms with E-state index in [0.29, 0.717) is 11.5 Å². The Bertz CT molecular complexity index is 613. The summed E-state index contributed by atoms with van der Waals surface area (Å²) in [7, 11) is 0. The molecule has 2 saturated carbocycles. The summed E-state index contributed by atoms with van der Waals surface area (Å²) in [6, 6.07) is 0.0867. The highest BCUT2D eigenvalue weighted by molar-refractivity contribution is 6.30. The average molecular weight is 297 g/mol. The van der Waals surface area contributed by atoms with E-state index in [9.17, 15) is 9.59 Å². The molecule has 0 amide bonds. The van der Waals surface area contributed by atoms with Crippen LogP contribution in [-0.2, 0) is 0 Å². The molecule has 110 valence electrons. The molecule has 5 heteroatoms. The lowest BCUT2D eigenvalue weighted by Crippen LogP contribution is -2.38. The van der Waals surface area contributed by atoms with E-state index in [4.69, 9.17) is 11.6 Å². The number of H-pyrrole nitrogens is 1. The Labute approximate surface area is 123 Å². The fourth-order valence-electron chi connectivity index (χ4n) is 3.64. The van der Waals surface area contributed by atoms with E-state index in [2.05, 4.69) is 11.9 Å². The van der Waals surface area contributed by atoms with Gasteiger partial charge in [0.05, 0.1) is 5.56 Å². The molecule has 2 unspecified atom stereocenters. The molecule has 2 aliphatic rings. The number of hydrogen-bond acceptors (Lipinski definition) is 2. The molecule has 1 heterocycles. The highest BCUT2D eigenvalue weighted by Gasteiger charge is 2.40. The van der Waals surface area contributed by atoms with E-state index in [1.807, 2.05) is 0 Å². The van der Waals surface area contributed by atoms with Gasteiger partial charge < -0.3 is 0 Å². The lowest BCUT2D eigenvalue weighted by atomic mass is 10.0. The highest BCUT2D eigenvalue weighted by Crippen LogP contribution is 2.45. The first-order chi connectivity index (χ1) is 9.63. The van der Waals surface area contributed by atoms with E-state index in [1.54, 1.807) is 0 Å². The number of nitrogens with one attached hydrogen (secondary N) is 1. The van der Waals surface area contributed by atoms with E-state index >= 15 is 0 Å². The van der Waals surface area contributed by atoms with Gasteiger partial charge in [-0.2, -0.15) is 0 Å². The number of nitrogens with zero attached hydrogens (tertiary/aromatic N) is 1. The standard InChI is InChI=1S/C15H21ClN2O2/c1-2-5-10-8-11(10)18-14(19)12(9-6-3-4-7-9)13(16)17-15(18)20/h9-11H,2-8H2,1H3,(H,17,20). The van der Waals surface area contributed by atoms with Crippen molar-refractivity contribution in [3.05, 3.63) is 31.6 Å². The molecule has 3 rings (SSSR count). The second-order valence-electron chi connectivity index (χ2n) is 6.17. The minimum atomic E-state index is -0.342. The Morgan fingerprint density at radius 2 is 2.00 bits per heavy atom. The lowest BCUT2D eigenvalue weighted by molar-refractivity contribution is 0.557. The second kappa shape index (κ2) is 5.40. The maximum atomic E-state index is 12.7. The molecule has 20 heavy (non-hydrogen) atoms. The van der Waals surface area contributed by atoms with Crippen LogP contribution in [0.3, 0.4) is 0 Å². The van der Waals surface area contributed by atoms with Crippen LogP contribution in [0.2, 0.25) is 5.15 Å². The van der Waals surface area contributed by atoms with Gasteiger partial charge in [-0.3, -0.25) is 14.3 Å². The largest absolute Gasteiger partial charge is 0.329 e. The zero-order valence-corrected chi connectivity index (χ0v) is 12.6. The van der Waals surface area contributed by atoms with Crippen molar-refractivity contribution >= 4 is 11.6 Å². The molecule has 0 radical (unpaired) electrons. The van der Waals surface area contributed by atoms with Gasteiger partial charge in [0.1, 0.15) is 5.15 Å². The molecule has 0 aliphatic heterocycles. The van der Waals surface area contributed by atoms with Crippen LogP contribution in [0.5, 0.6) is 0 Å². The Balaban J connectivity index is 2.00. The fraction of sp³-hybridized carbons (Fsp3) is 0.733. The summed E-state index contributed by atoms with van der Waals surface area (Å²) in [6.45, 7) is 2.13. The van der Waals surface area contributed by atoms with Crippen molar-refractivity contribution in [2.45, 2.75) is 63.8 Å².